The average Bonchev–Trinajstić information content (AvgIpc) is 3.24. The fraction of sp³-hybridized carbons (Fsp3) is 0.632. The Balaban J connectivity index is 1.36. The maximum atomic E-state index is 13.0. The summed E-state index contributed by atoms with van der Waals surface area (Å²) < 4.78 is 7.43. The molecule has 26 heavy (non-hydrogen) atoms. The largest absolute Gasteiger partial charge is 0.447 e. The average molecular weight is 356 g/mol. The van der Waals surface area contributed by atoms with Crippen LogP contribution in [0.2, 0.25) is 0 Å². The molecule has 0 radical (unpaired) electrons. The quantitative estimate of drug-likeness (QED) is 0.910. The second-order valence-electron chi connectivity index (χ2n) is 7.84. The van der Waals surface area contributed by atoms with E-state index < -0.39 is 6.10 Å². The molecule has 1 atom stereocenters. The number of carbonyl (C=O) groups is 1. The van der Waals surface area contributed by atoms with Gasteiger partial charge in [0, 0.05) is 19.0 Å². The number of carbonyl (C=O) groups excluding carboxylic acids is 1. The Morgan fingerprint density at radius 1 is 1.23 bits per heavy atom. The first-order valence-corrected chi connectivity index (χ1v) is 9.68. The van der Waals surface area contributed by atoms with Crippen molar-refractivity contribution in [1.82, 2.24) is 19.7 Å². The molecule has 0 saturated heterocycles. The lowest BCUT2D eigenvalue weighted by Gasteiger charge is -2.29. The van der Waals surface area contributed by atoms with Gasteiger partial charge in [-0.15, -0.1) is 0 Å². The van der Waals surface area contributed by atoms with Gasteiger partial charge in [-0.25, -0.2) is 4.98 Å². The fourth-order valence-electron chi connectivity index (χ4n) is 4.00. The van der Waals surface area contributed by atoms with Crippen LogP contribution in [0.15, 0.2) is 16.9 Å². The SMILES string of the molecule is O=C(c1ncoc1C1CC1)N1CCCn2nc(C(O)C3CCC3)cc2C1. The third kappa shape index (κ3) is 2.74. The van der Waals surface area contributed by atoms with E-state index in [0.29, 0.717) is 30.6 Å². The lowest BCUT2D eigenvalue weighted by molar-refractivity contribution is 0.0580. The summed E-state index contributed by atoms with van der Waals surface area (Å²) in [5.41, 5.74) is 2.20. The number of aryl methyl sites for hydroxylation is 1. The van der Waals surface area contributed by atoms with Gasteiger partial charge < -0.3 is 14.4 Å². The maximum absolute atomic E-state index is 13.0. The van der Waals surface area contributed by atoms with Crippen molar-refractivity contribution >= 4 is 5.91 Å². The number of aromatic nitrogens is 3. The van der Waals surface area contributed by atoms with Crippen LogP contribution in [0.3, 0.4) is 0 Å². The Bertz CT molecular complexity index is 819. The molecule has 2 aliphatic carbocycles. The Hall–Kier alpha value is -2.15. The number of rotatable bonds is 4. The first-order valence-electron chi connectivity index (χ1n) is 9.68. The van der Waals surface area contributed by atoms with E-state index in [2.05, 4.69) is 10.1 Å². The van der Waals surface area contributed by atoms with E-state index >= 15 is 0 Å². The van der Waals surface area contributed by atoms with E-state index in [1.165, 1.54) is 12.8 Å². The molecule has 3 aliphatic rings. The van der Waals surface area contributed by atoms with Crippen LogP contribution in [0.1, 0.15) is 78.2 Å². The fourth-order valence-corrected chi connectivity index (χ4v) is 4.00. The van der Waals surface area contributed by atoms with E-state index in [-0.39, 0.29) is 5.91 Å². The second kappa shape index (κ2) is 6.23. The molecule has 1 aliphatic heterocycles. The van der Waals surface area contributed by atoms with Crippen molar-refractivity contribution < 1.29 is 14.3 Å². The summed E-state index contributed by atoms with van der Waals surface area (Å²) >= 11 is 0. The Labute approximate surface area is 152 Å². The van der Waals surface area contributed by atoms with Crippen molar-refractivity contribution in [3.05, 3.63) is 35.3 Å². The van der Waals surface area contributed by atoms with Gasteiger partial charge in [-0.05, 0) is 44.1 Å². The van der Waals surface area contributed by atoms with Crippen molar-refractivity contribution in [2.45, 2.75) is 63.6 Å². The number of nitrogens with zero attached hydrogens (tertiary/aromatic N) is 4. The smallest absolute Gasteiger partial charge is 0.276 e. The summed E-state index contributed by atoms with van der Waals surface area (Å²) in [5.74, 6) is 1.38. The van der Waals surface area contributed by atoms with Gasteiger partial charge in [0.05, 0.1) is 17.9 Å². The van der Waals surface area contributed by atoms with E-state index in [1.807, 2.05) is 15.6 Å². The van der Waals surface area contributed by atoms with Crippen molar-refractivity contribution in [3.8, 4) is 0 Å². The van der Waals surface area contributed by atoms with Gasteiger partial charge in [-0.3, -0.25) is 9.48 Å². The molecule has 1 amide bonds. The van der Waals surface area contributed by atoms with E-state index in [4.69, 9.17) is 4.42 Å². The third-order valence-electron chi connectivity index (χ3n) is 5.97. The summed E-state index contributed by atoms with van der Waals surface area (Å²) in [6.07, 6.45) is 7.23. The highest BCUT2D eigenvalue weighted by Gasteiger charge is 2.35. The molecule has 138 valence electrons. The van der Waals surface area contributed by atoms with E-state index in [9.17, 15) is 9.90 Å². The predicted molar refractivity (Wildman–Crippen MR) is 92.4 cm³/mol. The molecule has 2 saturated carbocycles. The van der Waals surface area contributed by atoms with Crippen molar-refractivity contribution in [2.75, 3.05) is 6.54 Å². The number of fused-ring (bicyclic) bond motifs is 1. The zero-order chi connectivity index (χ0) is 17.7. The number of hydrogen-bond acceptors (Lipinski definition) is 5. The lowest BCUT2D eigenvalue weighted by atomic mass is 9.80. The molecule has 2 aromatic rings. The van der Waals surface area contributed by atoms with Crippen LogP contribution in [0.25, 0.3) is 0 Å². The molecule has 1 unspecified atom stereocenters. The molecule has 0 bridgehead atoms. The standard InChI is InChI=1S/C19H24N4O3/c24-17(12-3-1-4-12)15-9-14-10-22(7-2-8-23(14)21-15)19(25)16-18(13-5-6-13)26-11-20-16/h9,11-13,17,24H,1-8,10H2. The topological polar surface area (TPSA) is 84.4 Å². The van der Waals surface area contributed by atoms with Gasteiger partial charge in [-0.2, -0.15) is 5.10 Å². The zero-order valence-electron chi connectivity index (χ0n) is 14.8. The van der Waals surface area contributed by atoms with Gasteiger partial charge in [-0.1, -0.05) is 6.42 Å². The van der Waals surface area contributed by atoms with Crippen LogP contribution in [0, 0.1) is 5.92 Å². The number of hydrogen-bond donors (Lipinski definition) is 1. The van der Waals surface area contributed by atoms with Crippen molar-refractivity contribution in [3.63, 3.8) is 0 Å². The first-order chi connectivity index (χ1) is 12.7. The van der Waals surface area contributed by atoms with Gasteiger partial charge in [0.25, 0.3) is 5.91 Å². The van der Waals surface area contributed by atoms with Gasteiger partial charge in [0.2, 0.25) is 0 Å². The minimum atomic E-state index is -0.482. The van der Waals surface area contributed by atoms with Crippen LogP contribution < -0.4 is 0 Å². The minimum Gasteiger partial charge on any atom is -0.447 e. The number of aliphatic hydroxyl groups excluding tert-OH is 1. The molecular formula is C19H24N4O3. The molecule has 7 nitrogen and oxygen atoms in total. The molecule has 0 aromatic carbocycles. The normalized spacial score (nSPS) is 21.8. The second-order valence-corrected chi connectivity index (χ2v) is 7.84. The third-order valence-corrected chi connectivity index (χ3v) is 5.97. The lowest BCUT2D eigenvalue weighted by Crippen LogP contribution is -2.31. The van der Waals surface area contributed by atoms with Crippen LogP contribution in [0.5, 0.6) is 0 Å². The molecule has 5 rings (SSSR count). The Kier molecular flexibility index (Phi) is 3.85. The Morgan fingerprint density at radius 3 is 2.81 bits per heavy atom. The summed E-state index contributed by atoms with van der Waals surface area (Å²) in [6, 6.07) is 1.97. The number of amides is 1. The minimum absolute atomic E-state index is 0.0589. The monoisotopic (exact) mass is 356 g/mol. The van der Waals surface area contributed by atoms with Crippen LogP contribution in [-0.4, -0.2) is 37.2 Å². The highest BCUT2D eigenvalue weighted by Crippen LogP contribution is 2.42. The zero-order valence-corrected chi connectivity index (χ0v) is 14.8. The number of aliphatic hydroxyl groups is 1. The molecular weight excluding hydrogens is 332 g/mol. The molecule has 3 heterocycles. The Morgan fingerprint density at radius 2 is 2.08 bits per heavy atom. The predicted octanol–water partition coefficient (Wildman–Crippen LogP) is 2.63. The van der Waals surface area contributed by atoms with E-state index in [1.54, 1.807) is 0 Å². The van der Waals surface area contributed by atoms with Crippen molar-refractivity contribution in [1.29, 1.82) is 0 Å². The summed E-state index contributed by atoms with van der Waals surface area (Å²) in [4.78, 5) is 19.0. The van der Waals surface area contributed by atoms with Crippen LogP contribution in [-0.2, 0) is 13.1 Å². The molecule has 2 fully saturated rings. The maximum Gasteiger partial charge on any atom is 0.276 e. The van der Waals surface area contributed by atoms with Crippen molar-refractivity contribution in [2.24, 2.45) is 5.92 Å². The van der Waals surface area contributed by atoms with Crippen LogP contribution in [0.4, 0.5) is 0 Å². The van der Waals surface area contributed by atoms with E-state index in [0.717, 1.165) is 55.8 Å². The summed E-state index contributed by atoms with van der Waals surface area (Å²) in [6.45, 7) is 1.95. The van der Waals surface area contributed by atoms with Gasteiger partial charge in [0.15, 0.2) is 12.1 Å². The van der Waals surface area contributed by atoms with Gasteiger partial charge >= 0.3 is 0 Å². The molecule has 7 heteroatoms. The van der Waals surface area contributed by atoms with Crippen LogP contribution >= 0.6 is 0 Å². The highest BCUT2D eigenvalue weighted by atomic mass is 16.3. The summed E-state index contributed by atoms with van der Waals surface area (Å²) in [5, 5.41) is 15.1. The molecule has 0 spiro atoms. The summed E-state index contributed by atoms with van der Waals surface area (Å²) in [7, 11) is 0. The molecule has 1 N–H and O–H groups in total. The highest BCUT2D eigenvalue weighted by molar-refractivity contribution is 5.93. The van der Waals surface area contributed by atoms with Gasteiger partial charge in [0.1, 0.15) is 11.9 Å². The number of oxazole rings is 1. The first kappa shape index (κ1) is 16.1. The molecule has 2 aromatic heterocycles.